The van der Waals surface area contributed by atoms with Crippen LogP contribution in [0.3, 0.4) is 0 Å². The van der Waals surface area contributed by atoms with Gasteiger partial charge in [-0.2, -0.15) is 30.5 Å². The van der Waals surface area contributed by atoms with Crippen molar-refractivity contribution in [2.75, 3.05) is 18.8 Å². The number of carbonyl (C=O) groups excluding carboxylic acids is 2. The second-order valence-electron chi connectivity index (χ2n) is 6.49. The molecule has 2 N–H and O–H groups in total. The molecule has 1 heterocycles. The molecule has 1 fully saturated rings. The second kappa shape index (κ2) is 8.98. The zero-order valence-electron chi connectivity index (χ0n) is 14.8. The molecule has 1 saturated heterocycles. The lowest BCUT2D eigenvalue weighted by molar-refractivity contribution is -0.203. The molecule has 0 unspecified atom stereocenters. The van der Waals surface area contributed by atoms with Crippen molar-refractivity contribution in [3.63, 3.8) is 0 Å². The Morgan fingerprint density at radius 2 is 1.76 bits per heavy atom. The van der Waals surface area contributed by atoms with E-state index in [1.165, 1.54) is 0 Å². The van der Waals surface area contributed by atoms with Crippen molar-refractivity contribution in [3.05, 3.63) is 30.1 Å². The molecular formula is C16H18F4N2O5S2. The summed E-state index contributed by atoms with van der Waals surface area (Å²) in [6.07, 6.45) is -5.07. The summed E-state index contributed by atoms with van der Waals surface area (Å²) in [7, 11) is -4.45. The summed E-state index contributed by atoms with van der Waals surface area (Å²) in [6.45, 7) is 0.686. The Hall–Kier alpha value is -1.70. The molecule has 0 aliphatic carbocycles. The minimum absolute atomic E-state index is 0.0689. The predicted molar refractivity (Wildman–Crippen MR) is 96.1 cm³/mol. The molecule has 29 heavy (non-hydrogen) atoms. The lowest BCUT2D eigenvalue weighted by atomic mass is 9.74. The van der Waals surface area contributed by atoms with Crippen LogP contribution in [0.25, 0.3) is 0 Å². The number of thiol groups is 1. The summed E-state index contributed by atoms with van der Waals surface area (Å²) in [4.78, 5) is 23.1. The van der Waals surface area contributed by atoms with Gasteiger partial charge in [0, 0.05) is 5.41 Å². The van der Waals surface area contributed by atoms with Gasteiger partial charge < -0.3 is 10.1 Å². The molecule has 13 heteroatoms. The molecule has 0 aromatic heterocycles. The van der Waals surface area contributed by atoms with Crippen molar-refractivity contribution in [2.24, 2.45) is 5.41 Å². The van der Waals surface area contributed by atoms with Gasteiger partial charge in [-0.25, -0.2) is 22.4 Å². The molecule has 162 valence electrons. The Morgan fingerprint density at radius 1 is 1.21 bits per heavy atom. The summed E-state index contributed by atoms with van der Waals surface area (Å²) in [5, 5.41) is 2.98. The molecule has 0 spiro atoms. The number of alkyl halides is 3. The zero-order chi connectivity index (χ0) is 21.9. The number of nitrogens with one attached hydrogen (secondary N) is 2. The van der Waals surface area contributed by atoms with Crippen LogP contribution >= 0.6 is 12.6 Å². The fraction of sp³-hybridized carbons (Fsp3) is 0.500. The predicted octanol–water partition coefficient (Wildman–Crippen LogP) is 1.40. The number of rotatable bonds is 6. The summed E-state index contributed by atoms with van der Waals surface area (Å²) < 4.78 is 81.8. The molecule has 1 aromatic carbocycles. The number of sulfonamides is 1. The third-order valence-electron chi connectivity index (χ3n) is 4.58. The first-order chi connectivity index (χ1) is 13.4. The number of esters is 2. The summed E-state index contributed by atoms with van der Waals surface area (Å²) in [6, 6.07) is 1.78. The molecule has 1 atom stereocenters. The normalized spacial score (nSPS) is 18.1. The molecule has 0 bridgehead atoms. The summed E-state index contributed by atoms with van der Waals surface area (Å²) >= 11 is 4.15. The van der Waals surface area contributed by atoms with E-state index < -0.39 is 50.3 Å². The SMILES string of the molecule is O=C(OC(=O)C(F)(F)F)[C@@H](NS(=O)(=O)c1ccc(F)cc1)C1(CS)CCNCC1. The molecule has 2 rings (SSSR count). The first-order valence-corrected chi connectivity index (χ1v) is 10.5. The smallest absolute Gasteiger partial charge is 0.385 e. The number of hydrogen-bond acceptors (Lipinski definition) is 7. The van der Waals surface area contributed by atoms with E-state index in [1.54, 1.807) is 0 Å². The average Bonchev–Trinajstić information content (AvgIpc) is 2.66. The molecule has 0 radical (unpaired) electrons. The third kappa shape index (κ3) is 5.68. The molecule has 1 aliphatic heterocycles. The highest BCUT2D eigenvalue weighted by atomic mass is 32.2. The molecule has 0 amide bonds. The number of ether oxygens (including phenoxy) is 1. The third-order valence-corrected chi connectivity index (χ3v) is 6.65. The van der Waals surface area contributed by atoms with Crippen LogP contribution in [0.1, 0.15) is 12.8 Å². The lowest BCUT2D eigenvalue weighted by Crippen LogP contribution is -2.58. The fourth-order valence-electron chi connectivity index (χ4n) is 2.93. The minimum Gasteiger partial charge on any atom is -0.385 e. The maximum absolute atomic E-state index is 13.1. The number of hydrogen-bond donors (Lipinski definition) is 3. The van der Waals surface area contributed by atoms with Crippen LogP contribution in [0.5, 0.6) is 0 Å². The minimum atomic E-state index is -5.43. The standard InChI is InChI=1S/C16H18F4N2O5S2/c17-10-1-3-11(4-2-10)29(25,26)22-12(13(23)27-14(24)16(18,19)20)15(9-28)5-7-21-8-6-15/h1-4,12,21-22,28H,5-9H2/t12-/m1/s1. The van der Waals surface area contributed by atoms with Crippen LogP contribution < -0.4 is 10.0 Å². The first kappa shape index (κ1) is 23.6. The van der Waals surface area contributed by atoms with E-state index in [1.807, 2.05) is 4.72 Å². The van der Waals surface area contributed by atoms with E-state index in [0.717, 1.165) is 24.3 Å². The Bertz CT molecular complexity index is 853. The average molecular weight is 458 g/mol. The fourth-order valence-corrected chi connectivity index (χ4v) is 4.72. The van der Waals surface area contributed by atoms with Gasteiger partial charge in [-0.15, -0.1) is 0 Å². The number of halogens is 4. The van der Waals surface area contributed by atoms with Crippen molar-refractivity contribution in [1.82, 2.24) is 10.0 Å². The Balaban J connectivity index is 2.39. The van der Waals surface area contributed by atoms with Crippen molar-refractivity contribution in [1.29, 1.82) is 0 Å². The molecule has 0 saturated carbocycles. The highest BCUT2D eigenvalue weighted by Gasteiger charge is 2.49. The van der Waals surface area contributed by atoms with Crippen LogP contribution in [-0.2, 0) is 24.3 Å². The zero-order valence-corrected chi connectivity index (χ0v) is 16.5. The second-order valence-corrected chi connectivity index (χ2v) is 8.52. The van der Waals surface area contributed by atoms with Crippen molar-refractivity contribution >= 4 is 34.6 Å². The van der Waals surface area contributed by atoms with E-state index >= 15 is 0 Å². The van der Waals surface area contributed by atoms with E-state index in [2.05, 4.69) is 22.7 Å². The van der Waals surface area contributed by atoms with Crippen LogP contribution in [-0.4, -0.2) is 51.4 Å². The molecule has 1 aliphatic rings. The highest BCUT2D eigenvalue weighted by Crippen LogP contribution is 2.36. The maximum Gasteiger partial charge on any atom is 0.491 e. The van der Waals surface area contributed by atoms with E-state index in [9.17, 15) is 35.6 Å². The summed E-state index contributed by atoms with van der Waals surface area (Å²) in [5.41, 5.74) is -1.20. The Kier molecular flexibility index (Phi) is 7.30. The van der Waals surface area contributed by atoms with Gasteiger partial charge in [0.2, 0.25) is 10.0 Å². The number of benzene rings is 1. The van der Waals surface area contributed by atoms with E-state index in [4.69, 9.17) is 0 Å². The van der Waals surface area contributed by atoms with Gasteiger partial charge >= 0.3 is 18.1 Å². The van der Waals surface area contributed by atoms with Crippen LogP contribution in [0, 0.1) is 11.2 Å². The Labute approximate surface area is 169 Å². The molecular weight excluding hydrogens is 440 g/mol. The van der Waals surface area contributed by atoms with Gasteiger partial charge in [0.1, 0.15) is 11.9 Å². The Morgan fingerprint density at radius 3 is 2.24 bits per heavy atom. The largest absolute Gasteiger partial charge is 0.491 e. The van der Waals surface area contributed by atoms with Crippen LogP contribution in [0.2, 0.25) is 0 Å². The van der Waals surface area contributed by atoms with E-state index in [0.29, 0.717) is 13.1 Å². The molecule has 7 nitrogen and oxygen atoms in total. The van der Waals surface area contributed by atoms with Crippen molar-refractivity contribution in [2.45, 2.75) is 30.0 Å². The van der Waals surface area contributed by atoms with Gasteiger partial charge in [-0.05, 0) is 55.9 Å². The van der Waals surface area contributed by atoms with Crippen LogP contribution in [0.4, 0.5) is 17.6 Å². The number of piperidine rings is 1. The van der Waals surface area contributed by atoms with Crippen molar-refractivity contribution in [3.8, 4) is 0 Å². The number of carbonyl (C=O) groups is 2. The first-order valence-electron chi connectivity index (χ1n) is 8.34. The summed E-state index contributed by atoms with van der Waals surface area (Å²) in [5.74, 6) is -5.22. The van der Waals surface area contributed by atoms with E-state index in [-0.39, 0.29) is 18.6 Å². The topological polar surface area (TPSA) is 102 Å². The monoisotopic (exact) mass is 458 g/mol. The highest BCUT2D eigenvalue weighted by molar-refractivity contribution is 7.89. The van der Waals surface area contributed by atoms with Gasteiger partial charge in [-0.3, -0.25) is 0 Å². The lowest BCUT2D eigenvalue weighted by Gasteiger charge is -2.41. The van der Waals surface area contributed by atoms with Crippen LogP contribution in [0.15, 0.2) is 29.2 Å². The van der Waals surface area contributed by atoms with Gasteiger partial charge in [0.25, 0.3) is 0 Å². The van der Waals surface area contributed by atoms with Crippen molar-refractivity contribution < 1.29 is 40.3 Å². The van der Waals surface area contributed by atoms with Gasteiger partial charge in [0.05, 0.1) is 4.90 Å². The van der Waals surface area contributed by atoms with Gasteiger partial charge in [0.15, 0.2) is 0 Å². The maximum atomic E-state index is 13.1. The van der Waals surface area contributed by atoms with Gasteiger partial charge in [-0.1, -0.05) is 0 Å². The quantitative estimate of drug-likeness (QED) is 0.258. The molecule has 1 aromatic rings.